The number of rotatable bonds is 4. The molecule has 1 amide bonds. The van der Waals surface area contributed by atoms with E-state index in [0.29, 0.717) is 11.6 Å². The van der Waals surface area contributed by atoms with Crippen molar-refractivity contribution in [3.05, 3.63) is 28.8 Å². The Hall–Kier alpha value is -1.26. The third-order valence-corrected chi connectivity index (χ3v) is 2.64. The molecule has 0 aliphatic heterocycles. The SMILES string of the molecule is CNC(=O)CN(C)c1c(Cl)cccc1CN. The summed E-state index contributed by atoms with van der Waals surface area (Å²) in [6, 6.07) is 5.54. The molecule has 88 valence electrons. The topological polar surface area (TPSA) is 58.4 Å². The van der Waals surface area contributed by atoms with Gasteiger partial charge in [0.1, 0.15) is 0 Å². The molecule has 0 unspecified atom stereocenters. The Morgan fingerprint density at radius 2 is 2.25 bits per heavy atom. The lowest BCUT2D eigenvalue weighted by Gasteiger charge is -2.22. The number of hydrogen-bond donors (Lipinski definition) is 2. The number of nitrogens with two attached hydrogens (primary N) is 1. The molecule has 0 heterocycles. The molecule has 16 heavy (non-hydrogen) atoms. The van der Waals surface area contributed by atoms with Crippen LogP contribution in [-0.4, -0.2) is 26.5 Å². The fraction of sp³-hybridized carbons (Fsp3) is 0.364. The van der Waals surface area contributed by atoms with Gasteiger partial charge in [-0.2, -0.15) is 0 Å². The van der Waals surface area contributed by atoms with Gasteiger partial charge in [0.15, 0.2) is 0 Å². The second kappa shape index (κ2) is 5.72. The Balaban J connectivity index is 2.97. The van der Waals surface area contributed by atoms with Crippen LogP contribution in [0.1, 0.15) is 5.56 Å². The average Bonchev–Trinajstić information content (AvgIpc) is 2.28. The van der Waals surface area contributed by atoms with Crippen LogP contribution in [0.15, 0.2) is 18.2 Å². The molecular weight excluding hydrogens is 226 g/mol. The first-order valence-corrected chi connectivity index (χ1v) is 5.37. The molecule has 1 aromatic carbocycles. The van der Waals surface area contributed by atoms with Crippen molar-refractivity contribution in [1.29, 1.82) is 0 Å². The van der Waals surface area contributed by atoms with Crippen LogP contribution in [-0.2, 0) is 11.3 Å². The molecule has 0 saturated heterocycles. The van der Waals surface area contributed by atoms with E-state index in [9.17, 15) is 4.79 Å². The van der Waals surface area contributed by atoms with Gasteiger partial charge < -0.3 is 16.0 Å². The quantitative estimate of drug-likeness (QED) is 0.826. The van der Waals surface area contributed by atoms with Gasteiger partial charge in [-0.15, -0.1) is 0 Å². The van der Waals surface area contributed by atoms with Gasteiger partial charge >= 0.3 is 0 Å². The Labute approximate surface area is 100 Å². The highest BCUT2D eigenvalue weighted by molar-refractivity contribution is 6.33. The lowest BCUT2D eigenvalue weighted by molar-refractivity contribution is -0.119. The van der Waals surface area contributed by atoms with Gasteiger partial charge in [0, 0.05) is 20.6 Å². The zero-order valence-electron chi connectivity index (χ0n) is 9.46. The van der Waals surface area contributed by atoms with E-state index in [2.05, 4.69) is 5.32 Å². The number of carbonyl (C=O) groups excluding carboxylic acids is 1. The van der Waals surface area contributed by atoms with Crippen molar-refractivity contribution in [2.75, 3.05) is 25.5 Å². The van der Waals surface area contributed by atoms with Gasteiger partial charge in [-0.05, 0) is 11.6 Å². The Kier molecular flexibility index (Phi) is 4.58. The number of carbonyl (C=O) groups is 1. The summed E-state index contributed by atoms with van der Waals surface area (Å²) < 4.78 is 0. The van der Waals surface area contributed by atoms with E-state index >= 15 is 0 Å². The lowest BCUT2D eigenvalue weighted by atomic mass is 10.1. The Bertz CT molecular complexity index is 381. The van der Waals surface area contributed by atoms with Crippen LogP contribution in [0.2, 0.25) is 5.02 Å². The number of para-hydroxylation sites is 1. The van der Waals surface area contributed by atoms with Crippen molar-refractivity contribution < 1.29 is 4.79 Å². The number of halogens is 1. The summed E-state index contributed by atoms with van der Waals surface area (Å²) in [6.07, 6.45) is 0. The molecule has 0 fully saturated rings. The molecule has 0 bridgehead atoms. The highest BCUT2D eigenvalue weighted by Gasteiger charge is 2.12. The maximum Gasteiger partial charge on any atom is 0.239 e. The number of amides is 1. The normalized spacial score (nSPS) is 10.0. The van der Waals surface area contributed by atoms with Gasteiger partial charge in [-0.1, -0.05) is 23.7 Å². The van der Waals surface area contributed by atoms with E-state index < -0.39 is 0 Å². The number of likely N-dealkylation sites (N-methyl/N-ethyl adjacent to an activating group) is 2. The summed E-state index contributed by atoms with van der Waals surface area (Å²) in [5.74, 6) is -0.0645. The molecule has 5 heteroatoms. The minimum atomic E-state index is -0.0645. The number of hydrogen-bond acceptors (Lipinski definition) is 3. The molecule has 0 saturated carbocycles. The van der Waals surface area contributed by atoms with Crippen LogP contribution >= 0.6 is 11.6 Å². The zero-order valence-corrected chi connectivity index (χ0v) is 10.2. The van der Waals surface area contributed by atoms with Crippen molar-refractivity contribution in [2.45, 2.75) is 6.54 Å². The monoisotopic (exact) mass is 241 g/mol. The van der Waals surface area contributed by atoms with E-state index in [-0.39, 0.29) is 12.5 Å². The molecule has 0 spiro atoms. The van der Waals surface area contributed by atoms with Crippen molar-refractivity contribution in [3.8, 4) is 0 Å². The van der Waals surface area contributed by atoms with E-state index in [0.717, 1.165) is 11.3 Å². The first-order chi connectivity index (χ1) is 7.60. The molecule has 1 aromatic rings. The number of nitrogens with zero attached hydrogens (tertiary/aromatic N) is 1. The van der Waals surface area contributed by atoms with Gasteiger partial charge in [0.2, 0.25) is 5.91 Å². The fourth-order valence-electron chi connectivity index (χ4n) is 1.53. The lowest BCUT2D eigenvalue weighted by Crippen LogP contribution is -2.33. The molecule has 0 aliphatic carbocycles. The first kappa shape index (κ1) is 12.8. The van der Waals surface area contributed by atoms with Crippen LogP contribution < -0.4 is 16.0 Å². The maximum atomic E-state index is 11.3. The molecule has 1 rings (SSSR count). The van der Waals surface area contributed by atoms with E-state index in [1.54, 1.807) is 18.0 Å². The molecule has 0 aromatic heterocycles. The van der Waals surface area contributed by atoms with E-state index in [1.807, 2.05) is 19.2 Å². The Morgan fingerprint density at radius 1 is 1.56 bits per heavy atom. The molecular formula is C11H16ClN3O. The van der Waals surface area contributed by atoms with Gasteiger partial charge in [0.05, 0.1) is 17.3 Å². The summed E-state index contributed by atoms with van der Waals surface area (Å²) in [6.45, 7) is 0.654. The third-order valence-electron chi connectivity index (χ3n) is 2.33. The van der Waals surface area contributed by atoms with Crippen LogP contribution in [0, 0.1) is 0 Å². The highest BCUT2D eigenvalue weighted by atomic mass is 35.5. The van der Waals surface area contributed by atoms with Crippen molar-refractivity contribution in [2.24, 2.45) is 5.73 Å². The van der Waals surface area contributed by atoms with Gasteiger partial charge in [-0.3, -0.25) is 4.79 Å². The van der Waals surface area contributed by atoms with Crippen molar-refractivity contribution >= 4 is 23.2 Å². The van der Waals surface area contributed by atoms with Gasteiger partial charge in [0.25, 0.3) is 0 Å². The van der Waals surface area contributed by atoms with Crippen LogP contribution in [0.5, 0.6) is 0 Å². The summed E-state index contributed by atoms with van der Waals surface area (Å²) in [7, 11) is 3.42. The van der Waals surface area contributed by atoms with Crippen LogP contribution in [0.3, 0.4) is 0 Å². The van der Waals surface area contributed by atoms with Crippen molar-refractivity contribution in [3.63, 3.8) is 0 Å². The second-order valence-electron chi connectivity index (χ2n) is 3.48. The number of benzene rings is 1. The molecule has 0 atom stereocenters. The largest absolute Gasteiger partial charge is 0.364 e. The maximum absolute atomic E-state index is 11.3. The first-order valence-electron chi connectivity index (χ1n) is 4.99. The Morgan fingerprint density at radius 3 is 2.81 bits per heavy atom. The van der Waals surface area contributed by atoms with Gasteiger partial charge in [-0.25, -0.2) is 0 Å². The fourth-order valence-corrected chi connectivity index (χ4v) is 1.86. The second-order valence-corrected chi connectivity index (χ2v) is 3.89. The summed E-state index contributed by atoms with van der Waals surface area (Å²) in [5.41, 5.74) is 7.38. The molecule has 0 aliphatic rings. The standard InChI is InChI=1S/C11H16ClN3O/c1-14-10(16)7-15(2)11-8(6-13)4-3-5-9(11)12/h3-5H,6-7,13H2,1-2H3,(H,14,16). The van der Waals surface area contributed by atoms with E-state index in [4.69, 9.17) is 17.3 Å². The minimum absolute atomic E-state index is 0.0645. The van der Waals surface area contributed by atoms with Crippen LogP contribution in [0.25, 0.3) is 0 Å². The predicted molar refractivity (Wildman–Crippen MR) is 66.7 cm³/mol. The smallest absolute Gasteiger partial charge is 0.239 e. The number of anilines is 1. The zero-order chi connectivity index (χ0) is 12.1. The van der Waals surface area contributed by atoms with Crippen molar-refractivity contribution in [1.82, 2.24) is 5.32 Å². The third kappa shape index (κ3) is 2.87. The summed E-state index contributed by atoms with van der Waals surface area (Å²) in [4.78, 5) is 13.1. The molecule has 3 N–H and O–H groups in total. The summed E-state index contributed by atoms with van der Waals surface area (Å²) >= 11 is 6.10. The van der Waals surface area contributed by atoms with Crippen LogP contribution in [0.4, 0.5) is 5.69 Å². The summed E-state index contributed by atoms with van der Waals surface area (Å²) in [5, 5.41) is 3.17. The molecule has 0 radical (unpaired) electrons. The predicted octanol–water partition coefficient (Wildman–Crippen LogP) is 0.981. The molecule has 4 nitrogen and oxygen atoms in total. The van der Waals surface area contributed by atoms with E-state index in [1.165, 1.54) is 0 Å². The average molecular weight is 242 g/mol. The highest BCUT2D eigenvalue weighted by Crippen LogP contribution is 2.28. The number of nitrogens with one attached hydrogen (secondary N) is 1. The minimum Gasteiger partial charge on any atom is -0.364 e.